The molecule has 106 valence electrons. The topological polar surface area (TPSA) is 64.2 Å². The number of esters is 1. The van der Waals surface area contributed by atoms with Gasteiger partial charge in [0.2, 0.25) is 0 Å². The van der Waals surface area contributed by atoms with Crippen LogP contribution in [0.25, 0.3) is 0 Å². The van der Waals surface area contributed by atoms with Crippen molar-refractivity contribution in [2.75, 3.05) is 6.61 Å². The maximum absolute atomic E-state index is 11.6. The van der Waals surface area contributed by atoms with Gasteiger partial charge in [-0.1, -0.05) is 30.3 Å². The van der Waals surface area contributed by atoms with Gasteiger partial charge in [0.05, 0.1) is 13.2 Å². The molecule has 0 radical (unpaired) electrons. The number of rotatable bonds is 6. The average molecular weight is 274 g/mol. The molecule has 1 N–H and O–H groups in total. The molecule has 1 heterocycles. The predicted molar refractivity (Wildman–Crippen MR) is 74.2 cm³/mol. The average Bonchev–Trinajstić information content (AvgIpc) is 2.81. The zero-order valence-electron chi connectivity index (χ0n) is 11.7. The molecule has 5 heteroatoms. The van der Waals surface area contributed by atoms with E-state index in [9.17, 15) is 4.79 Å². The van der Waals surface area contributed by atoms with E-state index in [1.54, 1.807) is 13.8 Å². The van der Waals surface area contributed by atoms with Gasteiger partial charge in [-0.05, 0) is 19.4 Å². The van der Waals surface area contributed by atoms with E-state index in [-0.39, 0.29) is 0 Å². The summed E-state index contributed by atoms with van der Waals surface area (Å²) in [7, 11) is 0. The van der Waals surface area contributed by atoms with Crippen LogP contribution in [0.3, 0.4) is 0 Å². The Morgan fingerprint density at radius 2 is 2.00 bits per heavy atom. The Bertz CT molecular complexity index is 564. The number of aryl methyl sites for hydroxylation is 1. The molecular formula is C15H18N2O3. The monoisotopic (exact) mass is 274 g/mol. The molecule has 2 rings (SSSR count). The van der Waals surface area contributed by atoms with Crippen LogP contribution in [0.4, 0.5) is 0 Å². The number of nitrogens with zero attached hydrogens (tertiary/aromatic N) is 1. The molecule has 1 aromatic heterocycles. The molecular weight excluding hydrogens is 256 g/mol. The van der Waals surface area contributed by atoms with Crippen LogP contribution in [0.2, 0.25) is 0 Å². The van der Waals surface area contributed by atoms with Crippen molar-refractivity contribution in [1.82, 2.24) is 9.97 Å². The second kappa shape index (κ2) is 6.86. The van der Waals surface area contributed by atoms with Gasteiger partial charge in [-0.15, -0.1) is 0 Å². The van der Waals surface area contributed by atoms with Gasteiger partial charge in [-0.3, -0.25) is 0 Å². The van der Waals surface area contributed by atoms with E-state index in [4.69, 9.17) is 9.47 Å². The molecule has 0 aliphatic rings. The van der Waals surface area contributed by atoms with Gasteiger partial charge in [-0.2, -0.15) is 0 Å². The van der Waals surface area contributed by atoms with E-state index in [0.717, 1.165) is 5.56 Å². The number of imidazole rings is 1. The lowest BCUT2D eigenvalue weighted by Crippen LogP contribution is -2.06. The molecule has 0 aliphatic heterocycles. The molecule has 0 spiro atoms. The number of hydrogen-bond donors (Lipinski definition) is 1. The van der Waals surface area contributed by atoms with Gasteiger partial charge in [0.15, 0.2) is 5.69 Å². The highest BCUT2D eigenvalue weighted by molar-refractivity contribution is 5.88. The highest BCUT2D eigenvalue weighted by atomic mass is 16.5. The Morgan fingerprint density at radius 3 is 2.70 bits per heavy atom. The van der Waals surface area contributed by atoms with Crippen LogP contribution in [0.15, 0.2) is 30.3 Å². The predicted octanol–water partition coefficient (Wildman–Crippen LogP) is 2.61. The third-order valence-electron chi connectivity index (χ3n) is 2.75. The van der Waals surface area contributed by atoms with E-state index in [2.05, 4.69) is 9.97 Å². The van der Waals surface area contributed by atoms with Crippen LogP contribution < -0.4 is 0 Å². The van der Waals surface area contributed by atoms with Crippen molar-refractivity contribution >= 4 is 5.97 Å². The van der Waals surface area contributed by atoms with E-state index >= 15 is 0 Å². The number of aromatic nitrogens is 2. The Morgan fingerprint density at radius 1 is 1.25 bits per heavy atom. The third kappa shape index (κ3) is 3.68. The summed E-state index contributed by atoms with van der Waals surface area (Å²) in [5.41, 5.74) is 2.12. The zero-order chi connectivity index (χ0) is 14.4. The lowest BCUT2D eigenvalue weighted by atomic mass is 10.2. The molecule has 0 atom stereocenters. The normalized spacial score (nSPS) is 10.5. The first-order valence-corrected chi connectivity index (χ1v) is 6.55. The standard InChI is InChI=1S/C15H18N2O3/c1-3-20-15(18)14-11(2)16-13(17-14)10-19-9-12-7-5-4-6-8-12/h4-8H,3,9-10H2,1-2H3,(H,16,17). The van der Waals surface area contributed by atoms with Gasteiger partial charge < -0.3 is 14.5 Å². The molecule has 0 fully saturated rings. The van der Waals surface area contributed by atoms with Crippen molar-refractivity contribution in [2.45, 2.75) is 27.1 Å². The van der Waals surface area contributed by atoms with E-state index in [1.165, 1.54) is 0 Å². The molecule has 0 unspecified atom stereocenters. The second-order valence-electron chi connectivity index (χ2n) is 4.36. The van der Waals surface area contributed by atoms with Gasteiger partial charge in [-0.25, -0.2) is 9.78 Å². The highest BCUT2D eigenvalue weighted by Gasteiger charge is 2.15. The summed E-state index contributed by atoms with van der Waals surface area (Å²) in [5.74, 6) is 0.219. The van der Waals surface area contributed by atoms with Crippen molar-refractivity contribution in [2.24, 2.45) is 0 Å². The number of hydrogen-bond acceptors (Lipinski definition) is 4. The maximum Gasteiger partial charge on any atom is 0.358 e. The van der Waals surface area contributed by atoms with Crippen LogP contribution in [-0.2, 0) is 22.7 Å². The molecule has 5 nitrogen and oxygen atoms in total. The Kier molecular flexibility index (Phi) is 4.90. The summed E-state index contributed by atoms with van der Waals surface area (Å²) in [6.45, 7) is 4.74. The van der Waals surface area contributed by atoms with Gasteiger partial charge in [0, 0.05) is 5.69 Å². The van der Waals surface area contributed by atoms with E-state index in [0.29, 0.717) is 37.0 Å². The fraction of sp³-hybridized carbons (Fsp3) is 0.333. The van der Waals surface area contributed by atoms with Crippen molar-refractivity contribution in [3.05, 3.63) is 53.1 Å². The van der Waals surface area contributed by atoms with Crippen LogP contribution >= 0.6 is 0 Å². The lowest BCUT2D eigenvalue weighted by Gasteiger charge is -2.01. The van der Waals surface area contributed by atoms with Crippen molar-refractivity contribution in [3.8, 4) is 0 Å². The summed E-state index contributed by atoms with van der Waals surface area (Å²) in [6.07, 6.45) is 0. The first-order chi connectivity index (χ1) is 9.70. The van der Waals surface area contributed by atoms with E-state index in [1.807, 2.05) is 30.3 Å². The number of carbonyl (C=O) groups excluding carboxylic acids is 1. The number of nitrogens with one attached hydrogen (secondary N) is 1. The summed E-state index contributed by atoms with van der Waals surface area (Å²) < 4.78 is 10.5. The number of ether oxygens (including phenoxy) is 2. The first kappa shape index (κ1) is 14.3. The minimum atomic E-state index is -0.407. The quantitative estimate of drug-likeness (QED) is 0.822. The molecule has 2 aromatic rings. The van der Waals surface area contributed by atoms with Crippen LogP contribution in [0.5, 0.6) is 0 Å². The number of H-pyrrole nitrogens is 1. The number of benzene rings is 1. The smallest absolute Gasteiger partial charge is 0.358 e. The van der Waals surface area contributed by atoms with Crippen molar-refractivity contribution in [3.63, 3.8) is 0 Å². The van der Waals surface area contributed by atoms with Crippen LogP contribution in [0, 0.1) is 6.92 Å². The maximum atomic E-state index is 11.6. The van der Waals surface area contributed by atoms with Crippen molar-refractivity contribution in [1.29, 1.82) is 0 Å². The summed E-state index contributed by atoms with van der Waals surface area (Å²) >= 11 is 0. The molecule has 1 aromatic carbocycles. The number of carbonyl (C=O) groups is 1. The summed E-state index contributed by atoms with van der Waals surface area (Å²) in [4.78, 5) is 18.9. The largest absolute Gasteiger partial charge is 0.461 e. The molecule has 0 saturated heterocycles. The minimum Gasteiger partial charge on any atom is -0.461 e. The first-order valence-electron chi connectivity index (χ1n) is 6.55. The molecule has 0 bridgehead atoms. The van der Waals surface area contributed by atoms with Gasteiger partial charge >= 0.3 is 5.97 Å². The van der Waals surface area contributed by atoms with Crippen LogP contribution in [0.1, 0.15) is 34.5 Å². The second-order valence-corrected chi connectivity index (χ2v) is 4.36. The molecule has 20 heavy (non-hydrogen) atoms. The molecule has 0 saturated carbocycles. The van der Waals surface area contributed by atoms with Crippen molar-refractivity contribution < 1.29 is 14.3 Å². The Hall–Kier alpha value is -2.14. The minimum absolute atomic E-state index is 0.324. The zero-order valence-corrected chi connectivity index (χ0v) is 11.7. The highest BCUT2D eigenvalue weighted by Crippen LogP contribution is 2.09. The Labute approximate surface area is 117 Å². The SMILES string of the molecule is CCOC(=O)c1nc(COCc2ccccc2)[nH]c1C. The Balaban J connectivity index is 1.91. The van der Waals surface area contributed by atoms with Gasteiger partial charge in [0.1, 0.15) is 12.4 Å². The summed E-state index contributed by atoms with van der Waals surface area (Å²) in [5, 5.41) is 0. The fourth-order valence-electron chi connectivity index (χ4n) is 1.83. The number of aromatic amines is 1. The van der Waals surface area contributed by atoms with E-state index < -0.39 is 5.97 Å². The van der Waals surface area contributed by atoms with Gasteiger partial charge in [0.25, 0.3) is 0 Å². The lowest BCUT2D eigenvalue weighted by molar-refractivity contribution is 0.0518. The molecule has 0 amide bonds. The fourth-order valence-corrected chi connectivity index (χ4v) is 1.83. The summed E-state index contributed by atoms with van der Waals surface area (Å²) in [6, 6.07) is 9.89. The third-order valence-corrected chi connectivity index (χ3v) is 2.75. The van der Waals surface area contributed by atoms with Crippen LogP contribution in [-0.4, -0.2) is 22.5 Å². The molecule has 0 aliphatic carbocycles.